The van der Waals surface area contributed by atoms with Crippen molar-refractivity contribution in [2.45, 2.75) is 52.2 Å². The van der Waals surface area contributed by atoms with Crippen molar-refractivity contribution in [3.63, 3.8) is 0 Å². The molecule has 0 aromatic heterocycles. The number of benzene rings is 1. The van der Waals surface area contributed by atoms with E-state index in [2.05, 4.69) is 55.3 Å². The molecule has 1 aromatic rings. The molecule has 3 nitrogen and oxygen atoms in total. The summed E-state index contributed by atoms with van der Waals surface area (Å²) in [5, 5.41) is 3.74. The van der Waals surface area contributed by atoms with E-state index < -0.39 is 0 Å². The van der Waals surface area contributed by atoms with Crippen molar-refractivity contribution in [3.05, 3.63) is 29.8 Å². The summed E-state index contributed by atoms with van der Waals surface area (Å²) in [5.74, 6) is 0.722. The van der Waals surface area contributed by atoms with Gasteiger partial charge in [-0.3, -0.25) is 0 Å². The van der Waals surface area contributed by atoms with Gasteiger partial charge < -0.3 is 15.0 Å². The highest BCUT2D eigenvalue weighted by Gasteiger charge is 2.24. The normalized spacial score (nSPS) is 20.2. The third-order valence-electron chi connectivity index (χ3n) is 4.33. The van der Waals surface area contributed by atoms with Gasteiger partial charge in [0.15, 0.2) is 0 Å². The lowest BCUT2D eigenvalue weighted by molar-refractivity contribution is 0.188. The number of hydrogen-bond acceptors (Lipinski definition) is 3. The van der Waals surface area contributed by atoms with Crippen LogP contribution in [-0.2, 0) is 11.3 Å². The van der Waals surface area contributed by atoms with Crippen LogP contribution in [-0.4, -0.2) is 32.3 Å². The molecule has 0 aliphatic carbocycles. The molecule has 0 fully saturated rings. The SMILES string of the molecule is COCCC(C)N1CC(CC(C)C)NCc2ccccc21. The monoisotopic (exact) mass is 290 g/mol. The first-order chi connectivity index (χ1) is 10.1. The third-order valence-corrected chi connectivity index (χ3v) is 4.33. The van der Waals surface area contributed by atoms with Crippen LogP contribution in [0.2, 0.25) is 0 Å². The Morgan fingerprint density at radius 3 is 2.76 bits per heavy atom. The molecule has 0 bridgehead atoms. The van der Waals surface area contributed by atoms with Crippen LogP contribution in [0.25, 0.3) is 0 Å². The van der Waals surface area contributed by atoms with E-state index in [4.69, 9.17) is 4.74 Å². The van der Waals surface area contributed by atoms with Crippen molar-refractivity contribution in [1.82, 2.24) is 5.32 Å². The van der Waals surface area contributed by atoms with Gasteiger partial charge in [0.2, 0.25) is 0 Å². The maximum atomic E-state index is 5.27. The fourth-order valence-electron chi connectivity index (χ4n) is 3.18. The number of hydrogen-bond donors (Lipinski definition) is 1. The van der Waals surface area contributed by atoms with Crippen LogP contribution in [0.15, 0.2) is 24.3 Å². The number of nitrogens with one attached hydrogen (secondary N) is 1. The molecular formula is C18H30N2O. The first-order valence-electron chi connectivity index (χ1n) is 8.18. The average Bonchev–Trinajstić information content (AvgIpc) is 2.64. The Morgan fingerprint density at radius 2 is 2.05 bits per heavy atom. The fraction of sp³-hybridized carbons (Fsp3) is 0.667. The molecule has 0 saturated carbocycles. The van der Waals surface area contributed by atoms with E-state index >= 15 is 0 Å². The molecule has 1 heterocycles. The Kier molecular flexibility index (Phi) is 6.07. The Hall–Kier alpha value is -1.06. The summed E-state index contributed by atoms with van der Waals surface area (Å²) in [4.78, 5) is 2.57. The molecule has 0 spiro atoms. The van der Waals surface area contributed by atoms with Crippen LogP contribution < -0.4 is 10.2 Å². The third kappa shape index (κ3) is 4.45. The molecule has 2 unspecified atom stereocenters. The summed E-state index contributed by atoms with van der Waals surface area (Å²) in [6.45, 7) is 9.80. The Balaban J connectivity index is 2.18. The second-order valence-corrected chi connectivity index (χ2v) is 6.62. The second kappa shape index (κ2) is 7.81. The second-order valence-electron chi connectivity index (χ2n) is 6.62. The number of para-hydroxylation sites is 1. The van der Waals surface area contributed by atoms with Gasteiger partial charge in [-0.05, 0) is 37.3 Å². The number of anilines is 1. The van der Waals surface area contributed by atoms with Gasteiger partial charge in [-0.15, -0.1) is 0 Å². The van der Waals surface area contributed by atoms with E-state index in [0.29, 0.717) is 12.1 Å². The molecular weight excluding hydrogens is 260 g/mol. The van der Waals surface area contributed by atoms with Crippen molar-refractivity contribution < 1.29 is 4.74 Å². The predicted octanol–water partition coefficient (Wildman–Crippen LogP) is 3.44. The van der Waals surface area contributed by atoms with Gasteiger partial charge in [-0.25, -0.2) is 0 Å². The van der Waals surface area contributed by atoms with Crippen LogP contribution >= 0.6 is 0 Å². The largest absolute Gasteiger partial charge is 0.385 e. The van der Waals surface area contributed by atoms with Gasteiger partial charge in [0.1, 0.15) is 0 Å². The van der Waals surface area contributed by atoms with E-state index in [1.807, 2.05) is 0 Å². The minimum Gasteiger partial charge on any atom is -0.385 e. The van der Waals surface area contributed by atoms with Crippen molar-refractivity contribution in [2.24, 2.45) is 5.92 Å². The zero-order chi connectivity index (χ0) is 15.2. The van der Waals surface area contributed by atoms with E-state index in [-0.39, 0.29) is 0 Å². The van der Waals surface area contributed by atoms with Gasteiger partial charge in [-0.1, -0.05) is 32.0 Å². The lowest BCUT2D eigenvalue weighted by Gasteiger charge is -2.34. The van der Waals surface area contributed by atoms with Crippen molar-refractivity contribution in [3.8, 4) is 0 Å². The number of fused-ring (bicyclic) bond motifs is 1. The molecule has 1 aromatic carbocycles. The maximum absolute atomic E-state index is 5.27. The summed E-state index contributed by atoms with van der Waals surface area (Å²) in [5.41, 5.74) is 2.80. The number of nitrogens with zero attached hydrogens (tertiary/aromatic N) is 1. The minimum atomic E-state index is 0.501. The molecule has 0 amide bonds. The van der Waals surface area contributed by atoms with Gasteiger partial charge in [0.05, 0.1) is 0 Å². The molecule has 1 N–H and O–H groups in total. The van der Waals surface area contributed by atoms with Crippen LogP contribution in [0.4, 0.5) is 5.69 Å². The molecule has 1 aliphatic heterocycles. The van der Waals surface area contributed by atoms with Gasteiger partial charge in [0, 0.05) is 44.6 Å². The molecule has 3 heteroatoms. The lowest BCUT2D eigenvalue weighted by Crippen LogP contribution is -2.43. The summed E-state index contributed by atoms with van der Waals surface area (Å²) in [6, 6.07) is 9.86. The van der Waals surface area contributed by atoms with E-state index in [0.717, 1.165) is 32.0 Å². The Morgan fingerprint density at radius 1 is 1.29 bits per heavy atom. The number of methoxy groups -OCH3 is 1. The predicted molar refractivity (Wildman–Crippen MR) is 89.8 cm³/mol. The fourth-order valence-corrected chi connectivity index (χ4v) is 3.18. The summed E-state index contributed by atoms with van der Waals surface area (Å²) >= 11 is 0. The highest BCUT2D eigenvalue weighted by atomic mass is 16.5. The first kappa shape index (κ1) is 16.3. The molecule has 118 valence electrons. The highest BCUT2D eigenvalue weighted by Crippen LogP contribution is 2.27. The number of ether oxygens (including phenoxy) is 1. The molecule has 0 radical (unpaired) electrons. The number of rotatable bonds is 6. The Labute approximate surface area is 129 Å². The standard InChI is InChI=1S/C18H30N2O/c1-14(2)11-17-13-20(15(3)9-10-21-4)18-8-6-5-7-16(18)12-19-17/h5-8,14-15,17,19H,9-13H2,1-4H3. The highest BCUT2D eigenvalue weighted by molar-refractivity contribution is 5.55. The average molecular weight is 290 g/mol. The van der Waals surface area contributed by atoms with Crippen LogP contribution in [0.1, 0.15) is 39.2 Å². The van der Waals surface area contributed by atoms with E-state index in [9.17, 15) is 0 Å². The Bertz CT molecular complexity index is 433. The van der Waals surface area contributed by atoms with Crippen molar-refractivity contribution in [1.29, 1.82) is 0 Å². The van der Waals surface area contributed by atoms with Crippen LogP contribution in [0, 0.1) is 5.92 Å². The molecule has 2 atom stereocenters. The minimum absolute atomic E-state index is 0.501. The zero-order valence-corrected chi connectivity index (χ0v) is 13.9. The summed E-state index contributed by atoms with van der Waals surface area (Å²) in [7, 11) is 1.78. The van der Waals surface area contributed by atoms with Crippen LogP contribution in [0.3, 0.4) is 0 Å². The smallest absolute Gasteiger partial charge is 0.0481 e. The molecule has 0 saturated heterocycles. The van der Waals surface area contributed by atoms with Crippen molar-refractivity contribution >= 4 is 5.69 Å². The molecule has 2 rings (SSSR count). The van der Waals surface area contributed by atoms with Crippen molar-refractivity contribution in [2.75, 3.05) is 25.2 Å². The van der Waals surface area contributed by atoms with Gasteiger partial charge >= 0.3 is 0 Å². The maximum Gasteiger partial charge on any atom is 0.0481 e. The summed E-state index contributed by atoms with van der Waals surface area (Å²) < 4.78 is 5.27. The summed E-state index contributed by atoms with van der Waals surface area (Å²) in [6.07, 6.45) is 2.29. The molecule has 1 aliphatic rings. The topological polar surface area (TPSA) is 24.5 Å². The van der Waals surface area contributed by atoms with E-state index in [1.165, 1.54) is 17.7 Å². The van der Waals surface area contributed by atoms with Crippen LogP contribution in [0.5, 0.6) is 0 Å². The van der Waals surface area contributed by atoms with Gasteiger partial charge in [0.25, 0.3) is 0 Å². The van der Waals surface area contributed by atoms with Gasteiger partial charge in [-0.2, -0.15) is 0 Å². The molecule has 21 heavy (non-hydrogen) atoms. The lowest BCUT2D eigenvalue weighted by atomic mass is 10.0. The van der Waals surface area contributed by atoms with E-state index in [1.54, 1.807) is 7.11 Å². The zero-order valence-electron chi connectivity index (χ0n) is 13.9. The first-order valence-corrected chi connectivity index (χ1v) is 8.18. The quantitative estimate of drug-likeness (QED) is 0.868.